The molecule has 7 nitrogen and oxygen atoms in total. The zero-order valence-corrected chi connectivity index (χ0v) is 16.8. The van der Waals surface area contributed by atoms with Crippen molar-refractivity contribution < 1.29 is 0 Å². The summed E-state index contributed by atoms with van der Waals surface area (Å²) in [7, 11) is 0. The van der Waals surface area contributed by atoms with Crippen LogP contribution < -0.4 is 5.32 Å². The zero-order chi connectivity index (χ0) is 18.8. The summed E-state index contributed by atoms with van der Waals surface area (Å²) in [5.74, 6) is 1.71. The Morgan fingerprint density at radius 1 is 1.15 bits per heavy atom. The van der Waals surface area contributed by atoms with Crippen LogP contribution in [0, 0.1) is 13.8 Å². The third-order valence-electron chi connectivity index (χ3n) is 4.68. The lowest BCUT2D eigenvalue weighted by molar-refractivity contribution is 0.660. The van der Waals surface area contributed by atoms with Gasteiger partial charge in [-0.1, -0.05) is 0 Å². The maximum Gasteiger partial charge on any atom is 0.151 e. The Hall–Kier alpha value is -2.74. The van der Waals surface area contributed by atoms with E-state index in [2.05, 4.69) is 64.2 Å². The van der Waals surface area contributed by atoms with Gasteiger partial charge in [0.15, 0.2) is 5.65 Å². The fourth-order valence-corrected chi connectivity index (χ4v) is 3.44. The molecular weight excluding hydrogens is 406 g/mol. The van der Waals surface area contributed by atoms with E-state index in [1.807, 2.05) is 24.7 Å². The highest BCUT2D eigenvalue weighted by Crippen LogP contribution is 2.30. The van der Waals surface area contributed by atoms with Crippen LogP contribution in [-0.4, -0.2) is 35.6 Å². The van der Waals surface area contributed by atoms with Crippen molar-refractivity contribution in [3.8, 4) is 5.82 Å². The first-order valence-electron chi connectivity index (χ1n) is 8.79. The van der Waals surface area contributed by atoms with Crippen LogP contribution in [0.15, 0.2) is 47.9 Å². The van der Waals surface area contributed by atoms with Crippen LogP contribution in [0.1, 0.15) is 17.7 Å². The van der Waals surface area contributed by atoms with Gasteiger partial charge in [0.25, 0.3) is 0 Å². The van der Waals surface area contributed by atoms with Crippen molar-refractivity contribution in [2.24, 2.45) is 0 Å². The minimum Gasteiger partial charge on any atom is -0.369 e. The summed E-state index contributed by atoms with van der Waals surface area (Å²) in [6, 6.07) is 3.97. The molecule has 27 heavy (non-hydrogen) atoms. The number of hydrogen-bond acceptors (Lipinski definition) is 5. The fraction of sp³-hybridized carbons (Fsp3) is 0.263. The maximum absolute atomic E-state index is 4.54. The third kappa shape index (κ3) is 3.44. The van der Waals surface area contributed by atoms with E-state index >= 15 is 0 Å². The smallest absolute Gasteiger partial charge is 0.151 e. The molecule has 0 radical (unpaired) electrons. The quantitative estimate of drug-likeness (QED) is 0.474. The molecule has 0 atom stereocenters. The summed E-state index contributed by atoms with van der Waals surface area (Å²) in [6.45, 7) is 5.93. The molecule has 0 bridgehead atoms. The third-order valence-corrected chi connectivity index (χ3v) is 5.15. The summed E-state index contributed by atoms with van der Waals surface area (Å²) >= 11 is 3.44. The number of pyridine rings is 1. The van der Waals surface area contributed by atoms with Gasteiger partial charge in [-0.15, -0.1) is 0 Å². The molecule has 8 heteroatoms. The number of halogens is 1. The molecule has 0 spiro atoms. The zero-order valence-electron chi connectivity index (χ0n) is 15.2. The minimum atomic E-state index is 0.824. The van der Waals surface area contributed by atoms with Gasteiger partial charge in [0.05, 0.1) is 11.7 Å². The van der Waals surface area contributed by atoms with Crippen LogP contribution in [0.5, 0.6) is 0 Å². The molecule has 0 aliphatic heterocycles. The molecule has 4 rings (SSSR count). The highest BCUT2D eigenvalue weighted by atomic mass is 79.9. The van der Waals surface area contributed by atoms with Crippen molar-refractivity contribution >= 4 is 32.8 Å². The number of nitrogens with zero attached hydrogens (tertiary/aromatic N) is 6. The van der Waals surface area contributed by atoms with E-state index in [-0.39, 0.29) is 0 Å². The van der Waals surface area contributed by atoms with E-state index in [9.17, 15) is 0 Å². The number of rotatable bonds is 6. The second-order valence-electron chi connectivity index (χ2n) is 6.38. The van der Waals surface area contributed by atoms with Crippen LogP contribution >= 0.6 is 15.9 Å². The molecule has 138 valence electrons. The van der Waals surface area contributed by atoms with Gasteiger partial charge in [-0.25, -0.2) is 19.9 Å². The van der Waals surface area contributed by atoms with Gasteiger partial charge in [0.1, 0.15) is 18.0 Å². The van der Waals surface area contributed by atoms with E-state index < -0.39 is 0 Å². The summed E-state index contributed by atoms with van der Waals surface area (Å²) in [4.78, 5) is 17.6. The second-order valence-corrected chi connectivity index (χ2v) is 7.30. The van der Waals surface area contributed by atoms with Gasteiger partial charge in [-0.05, 0) is 53.9 Å². The van der Waals surface area contributed by atoms with Gasteiger partial charge < -0.3 is 9.88 Å². The Balaban J connectivity index is 1.63. The molecule has 4 aromatic heterocycles. The second kappa shape index (κ2) is 7.48. The maximum atomic E-state index is 4.54. The molecule has 0 saturated heterocycles. The van der Waals surface area contributed by atoms with Gasteiger partial charge >= 0.3 is 0 Å². The van der Waals surface area contributed by atoms with E-state index in [1.165, 1.54) is 0 Å². The average Bonchev–Trinajstić information content (AvgIpc) is 3.28. The molecule has 0 unspecified atom stereocenters. The number of aryl methyl sites for hydroxylation is 2. The van der Waals surface area contributed by atoms with Gasteiger partial charge in [0, 0.05) is 41.8 Å². The molecular formula is C19H20BrN7. The predicted molar refractivity (Wildman–Crippen MR) is 109 cm³/mol. The monoisotopic (exact) mass is 425 g/mol. The Bertz CT molecular complexity index is 1050. The standard InChI is InChI=1S/C19H20BrN7/c1-13-14(2)27(16-5-4-15(20)10-23-16)19-17(13)18(24-11-25-19)22-6-3-8-26-9-7-21-12-26/h4-5,7,9-12H,3,6,8H2,1-2H3,(H,22,24,25). The molecule has 0 fully saturated rings. The average molecular weight is 426 g/mol. The van der Waals surface area contributed by atoms with Crippen molar-refractivity contribution in [3.63, 3.8) is 0 Å². The van der Waals surface area contributed by atoms with Crippen LogP contribution in [0.4, 0.5) is 5.82 Å². The van der Waals surface area contributed by atoms with Crippen LogP contribution in [0.3, 0.4) is 0 Å². The number of nitrogens with one attached hydrogen (secondary N) is 1. The number of fused-ring (bicyclic) bond motifs is 1. The van der Waals surface area contributed by atoms with Crippen LogP contribution in [-0.2, 0) is 6.54 Å². The molecule has 0 aromatic carbocycles. The first-order chi connectivity index (χ1) is 13.1. The predicted octanol–water partition coefficient (Wildman–Crippen LogP) is 3.89. The molecule has 0 aliphatic carbocycles. The van der Waals surface area contributed by atoms with Gasteiger partial charge in [-0.2, -0.15) is 0 Å². The summed E-state index contributed by atoms with van der Waals surface area (Å²) in [5.41, 5.74) is 3.14. The Labute approximate surface area is 165 Å². The van der Waals surface area contributed by atoms with Crippen LogP contribution in [0.2, 0.25) is 0 Å². The topological polar surface area (TPSA) is 73.5 Å². The number of imidazole rings is 1. The number of anilines is 1. The van der Waals surface area contributed by atoms with E-state index in [0.29, 0.717) is 0 Å². The van der Waals surface area contributed by atoms with Gasteiger partial charge in [0.2, 0.25) is 0 Å². The molecule has 4 aromatic rings. The summed E-state index contributed by atoms with van der Waals surface area (Å²) < 4.78 is 5.10. The number of aromatic nitrogens is 6. The lowest BCUT2D eigenvalue weighted by atomic mass is 10.2. The van der Waals surface area contributed by atoms with E-state index in [0.717, 1.165) is 57.9 Å². The molecule has 4 heterocycles. The lowest BCUT2D eigenvalue weighted by Crippen LogP contribution is -2.08. The fourth-order valence-electron chi connectivity index (χ4n) is 3.20. The van der Waals surface area contributed by atoms with Gasteiger partial charge in [-0.3, -0.25) is 4.57 Å². The summed E-state index contributed by atoms with van der Waals surface area (Å²) in [5, 5.41) is 4.51. The highest BCUT2D eigenvalue weighted by molar-refractivity contribution is 9.10. The normalized spacial score (nSPS) is 11.2. The lowest BCUT2D eigenvalue weighted by Gasteiger charge is -2.08. The van der Waals surface area contributed by atoms with Crippen LogP contribution in [0.25, 0.3) is 16.9 Å². The Morgan fingerprint density at radius 2 is 2.04 bits per heavy atom. The van der Waals surface area contributed by atoms with Crippen molar-refractivity contribution in [1.29, 1.82) is 0 Å². The largest absolute Gasteiger partial charge is 0.369 e. The highest BCUT2D eigenvalue weighted by Gasteiger charge is 2.18. The molecule has 1 N–H and O–H groups in total. The SMILES string of the molecule is Cc1c(C)n(-c2ccc(Br)cn2)c2ncnc(NCCCn3ccnc3)c12. The van der Waals surface area contributed by atoms with Crippen molar-refractivity contribution in [2.75, 3.05) is 11.9 Å². The first kappa shape index (κ1) is 17.7. The molecule has 0 saturated carbocycles. The Morgan fingerprint density at radius 3 is 2.78 bits per heavy atom. The number of hydrogen-bond donors (Lipinski definition) is 1. The van der Waals surface area contributed by atoms with E-state index in [1.54, 1.807) is 18.7 Å². The minimum absolute atomic E-state index is 0.824. The van der Waals surface area contributed by atoms with Crippen molar-refractivity contribution in [1.82, 2.24) is 29.1 Å². The first-order valence-corrected chi connectivity index (χ1v) is 9.58. The van der Waals surface area contributed by atoms with Crippen molar-refractivity contribution in [2.45, 2.75) is 26.8 Å². The Kier molecular flexibility index (Phi) is 4.89. The molecule has 0 aliphatic rings. The molecule has 0 amide bonds. The van der Waals surface area contributed by atoms with Crippen molar-refractivity contribution in [3.05, 3.63) is 59.1 Å². The van der Waals surface area contributed by atoms with E-state index in [4.69, 9.17) is 0 Å². The summed E-state index contributed by atoms with van der Waals surface area (Å²) in [6.07, 6.45) is 9.99.